The van der Waals surface area contributed by atoms with Crippen molar-refractivity contribution in [1.82, 2.24) is 9.97 Å². The number of nitrogens with zero attached hydrogens (tertiary/aromatic N) is 6. The lowest BCUT2D eigenvalue weighted by Gasteiger charge is -2.11. The SMILES string of the molecule is N#Cc1nc(N=C(c2ccccc2)c2ccccc2)c(N=C(c2ccccc2)c2ccccc2)nc1C#N. The van der Waals surface area contributed by atoms with Gasteiger partial charge in [-0.05, 0) is 0 Å². The molecule has 0 amide bonds. The first kappa shape index (κ1) is 24.0. The normalized spacial score (nSPS) is 10.1. The average Bonchev–Trinajstić information content (AvgIpc) is 3.00. The van der Waals surface area contributed by atoms with Gasteiger partial charge in [-0.2, -0.15) is 10.5 Å². The third-order valence-corrected chi connectivity index (χ3v) is 5.70. The van der Waals surface area contributed by atoms with Crippen LogP contribution in [0.25, 0.3) is 0 Å². The van der Waals surface area contributed by atoms with Crippen molar-refractivity contribution in [2.24, 2.45) is 9.98 Å². The third kappa shape index (κ3) is 5.26. The third-order valence-electron chi connectivity index (χ3n) is 5.70. The first-order valence-electron chi connectivity index (χ1n) is 11.9. The van der Waals surface area contributed by atoms with E-state index in [1.54, 1.807) is 0 Å². The molecule has 6 heteroatoms. The van der Waals surface area contributed by atoms with Crippen molar-refractivity contribution in [2.45, 2.75) is 0 Å². The Morgan fingerprint density at radius 1 is 0.447 bits per heavy atom. The molecule has 0 spiro atoms. The van der Waals surface area contributed by atoms with Crippen LogP contribution in [-0.4, -0.2) is 21.4 Å². The van der Waals surface area contributed by atoms with Crippen molar-refractivity contribution in [2.75, 3.05) is 0 Å². The Balaban J connectivity index is 1.80. The van der Waals surface area contributed by atoms with Gasteiger partial charge in [0.25, 0.3) is 0 Å². The van der Waals surface area contributed by atoms with Crippen LogP contribution in [0.15, 0.2) is 131 Å². The fourth-order valence-corrected chi connectivity index (χ4v) is 3.91. The Kier molecular flexibility index (Phi) is 7.16. The van der Waals surface area contributed by atoms with Gasteiger partial charge < -0.3 is 0 Å². The molecule has 1 aromatic heterocycles. The standard InChI is InChI=1S/C32H20N6/c33-21-27-28(22-34)36-32(38-30(25-17-9-3-10-18-25)26-19-11-4-12-20-26)31(35-27)37-29(23-13-5-1-6-14-23)24-15-7-2-8-16-24/h1-20H. The van der Waals surface area contributed by atoms with Crippen LogP contribution in [0.2, 0.25) is 0 Å². The van der Waals surface area contributed by atoms with E-state index in [1.165, 1.54) is 0 Å². The molecule has 0 radical (unpaired) electrons. The molecular formula is C32H20N6. The van der Waals surface area contributed by atoms with Crippen LogP contribution in [0.5, 0.6) is 0 Å². The molecule has 0 aliphatic heterocycles. The molecule has 0 unspecified atom stereocenters. The van der Waals surface area contributed by atoms with Gasteiger partial charge in [0.15, 0.2) is 23.0 Å². The van der Waals surface area contributed by atoms with Gasteiger partial charge in [-0.25, -0.2) is 20.0 Å². The highest BCUT2D eigenvalue weighted by molar-refractivity contribution is 6.15. The highest BCUT2D eigenvalue weighted by Gasteiger charge is 2.17. The lowest BCUT2D eigenvalue weighted by molar-refractivity contribution is 1.10. The number of benzene rings is 4. The van der Waals surface area contributed by atoms with Crippen molar-refractivity contribution in [3.8, 4) is 12.1 Å². The van der Waals surface area contributed by atoms with E-state index in [2.05, 4.69) is 9.97 Å². The van der Waals surface area contributed by atoms with E-state index in [1.807, 2.05) is 133 Å². The van der Waals surface area contributed by atoms with Crippen molar-refractivity contribution >= 4 is 23.1 Å². The van der Waals surface area contributed by atoms with E-state index >= 15 is 0 Å². The fourth-order valence-electron chi connectivity index (χ4n) is 3.91. The number of hydrogen-bond acceptors (Lipinski definition) is 6. The summed E-state index contributed by atoms with van der Waals surface area (Å²) in [6, 6.07) is 42.8. The largest absolute Gasteiger partial charge is 0.225 e. The number of aromatic nitrogens is 2. The Hall–Kier alpha value is -5.72. The molecule has 0 N–H and O–H groups in total. The van der Waals surface area contributed by atoms with Gasteiger partial charge in [-0.15, -0.1) is 0 Å². The van der Waals surface area contributed by atoms with Crippen molar-refractivity contribution in [1.29, 1.82) is 10.5 Å². The summed E-state index contributed by atoms with van der Waals surface area (Å²) in [5.74, 6) is 0.292. The van der Waals surface area contributed by atoms with E-state index in [0.717, 1.165) is 22.3 Å². The maximum Gasteiger partial charge on any atom is 0.199 e. The van der Waals surface area contributed by atoms with E-state index in [9.17, 15) is 10.5 Å². The van der Waals surface area contributed by atoms with Crippen molar-refractivity contribution in [3.05, 3.63) is 155 Å². The predicted octanol–water partition coefficient (Wildman–Crippen LogP) is 6.56. The summed E-state index contributed by atoms with van der Waals surface area (Å²) in [5, 5.41) is 19.4. The molecule has 178 valence electrons. The van der Waals surface area contributed by atoms with Gasteiger partial charge in [0, 0.05) is 22.3 Å². The minimum atomic E-state index is -0.105. The smallest absolute Gasteiger partial charge is 0.199 e. The van der Waals surface area contributed by atoms with E-state index in [4.69, 9.17) is 9.98 Å². The zero-order valence-electron chi connectivity index (χ0n) is 20.2. The second kappa shape index (κ2) is 11.3. The fraction of sp³-hybridized carbons (Fsp3) is 0. The topological polar surface area (TPSA) is 98.1 Å². The van der Waals surface area contributed by atoms with E-state index in [-0.39, 0.29) is 23.0 Å². The Morgan fingerprint density at radius 3 is 0.947 bits per heavy atom. The van der Waals surface area contributed by atoms with Crippen LogP contribution >= 0.6 is 0 Å². The molecule has 0 aliphatic rings. The molecule has 1 heterocycles. The van der Waals surface area contributed by atoms with Gasteiger partial charge in [0.05, 0.1) is 11.4 Å². The molecular weight excluding hydrogens is 468 g/mol. The zero-order chi connectivity index (χ0) is 26.2. The molecule has 38 heavy (non-hydrogen) atoms. The predicted molar refractivity (Wildman–Crippen MR) is 148 cm³/mol. The molecule has 6 nitrogen and oxygen atoms in total. The Morgan fingerprint density at radius 2 is 0.711 bits per heavy atom. The van der Waals surface area contributed by atoms with Gasteiger partial charge in [0.2, 0.25) is 0 Å². The summed E-state index contributed by atoms with van der Waals surface area (Å²) in [6.45, 7) is 0. The van der Waals surface area contributed by atoms with E-state index in [0.29, 0.717) is 11.4 Å². The molecule has 5 aromatic rings. The molecule has 4 aromatic carbocycles. The van der Waals surface area contributed by atoms with Crippen molar-refractivity contribution in [3.63, 3.8) is 0 Å². The number of rotatable bonds is 6. The number of hydrogen-bond donors (Lipinski definition) is 0. The Bertz CT molecular complexity index is 1480. The van der Waals surface area contributed by atoms with Crippen LogP contribution in [-0.2, 0) is 0 Å². The Labute approximate surface area is 220 Å². The van der Waals surface area contributed by atoms with Crippen LogP contribution in [0, 0.1) is 22.7 Å². The van der Waals surface area contributed by atoms with Crippen LogP contribution in [0.4, 0.5) is 11.6 Å². The summed E-state index contributed by atoms with van der Waals surface area (Å²) < 4.78 is 0. The highest BCUT2D eigenvalue weighted by Crippen LogP contribution is 2.29. The minimum absolute atomic E-state index is 0.105. The maximum absolute atomic E-state index is 9.68. The summed E-state index contributed by atoms with van der Waals surface area (Å²) in [4.78, 5) is 18.7. The maximum atomic E-state index is 9.68. The van der Waals surface area contributed by atoms with Crippen molar-refractivity contribution < 1.29 is 0 Å². The lowest BCUT2D eigenvalue weighted by Crippen LogP contribution is -2.06. The number of aliphatic imine (C=N–C) groups is 2. The lowest BCUT2D eigenvalue weighted by atomic mass is 10.0. The van der Waals surface area contributed by atoms with Gasteiger partial charge >= 0.3 is 0 Å². The molecule has 0 bridgehead atoms. The molecule has 5 rings (SSSR count). The summed E-state index contributed by atoms with van der Waals surface area (Å²) in [7, 11) is 0. The van der Waals surface area contributed by atoms with Gasteiger partial charge in [-0.3, -0.25) is 0 Å². The second-order valence-corrected chi connectivity index (χ2v) is 8.18. The average molecular weight is 489 g/mol. The zero-order valence-corrected chi connectivity index (χ0v) is 20.2. The van der Waals surface area contributed by atoms with Crippen LogP contribution in [0.3, 0.4) is 0 Å². The molecule has 0 saturated heterocycles. The van der Waals surface area contributed by atoms with Gasteiger partial charge in [0.1, 0.15) is 12.1 Å². The molecule has 0 atom stereocenters. The highest BCUT2D eigenvalue weighted by atomic mass is 15.1. The monoisotopic (exact) mass is 488 g/mol. The summed E-state index contributed by atoms with van der Waals surface area (Å²) in [5.41, 5.74) is 4.54. The van der Waals surface area contributed by atoms with Crippen LogP contribution in [0.1, 0.15) is 33.6 Å². The first-order valence-corrected chi connectivity index (χ1v) is 11.9. The summed E-state index contributed by atoms with van der Waals surface area (Å²) in [6.07, 6.45) is 0. The number of nitriles is 2. The molecule has 0 fully saturated rings. The quantitative estimate of drug-likeness (QED) is 0.253. The van der Waals surface area contributed by atoms with Gasteiger partial charge in [-0.1, -0.05) is 121 Å². The minimum Gasteiger partial charge on any atom is -0.225 e. The molecule has 0 aliphatic carbocycles. The summed E-state index contributed by atoms with van der Waals surface area (Å²) >= 11 is 0. The first-order chi connectivity index (χ1) is 18.8. The van der Waals surface area contributed by atoms with E-state index < -0.39 is 0 Å². The molecule has 0 saturated carbocycles. The second-order valence-electron chi connectivity index (χ2n) is 8.18. The van der Waals surface area contributed by atoms with Crippen LogP contribution < -0.4 is 0 Å².